The maximum atomic E-state index is 12.3. The molecule has 0 atom stereocenters. The lowest BCUT2D eigenvalue weighted by Gasteiger charge is -2.18. The Kier molecular flexibility index (Phi) is 7.11. The molecule has 8 heteroatoms. The number of imide groups is 1. The normalized spacial score (nSPS) is 14.9. The van der Waals surface area contributed by atoms with Crippen molar-refractivity contribution < 1.29 is 14.7 Å². The van der Waals surface area contributed by atoms with Crippen molar-refractivity contribution in [3.63, 3.8) is 0 Å². The molecule has 1 heterocycles. The second kappa shape index (κ2) is 9.77. The molecule has 0 unspecified atom stereocenters. The van der Waals surface area contributed by atoms with Crippen LogP contribution < -0.4 is 16.0 Å². The van der Waals surface area contributed by atoms with Crippen LogP contribution in [0, 0.1) is 3.57 Å². The monoisotopic (exact) mass is 518 g/mol. The van der Waals surface area contributed by atoms with E-state index in [-0.39, 0.29) is 5.75 Å². The van der Waals surface area contributed by atoms with Gasteiger partial charge in [-0.2, -0.15) is 0 Å². The number of amides is 2. The zero-order valence-corrected chi connectivity index (χ0v) is 18.9. The minimum atomic E-state index is -0.436. The molecule has 2 amide bonds. The van der Waals surface area contributed by atoms with Crippen LogP contribution >= 0.6 is 22.6 Å². The summed E-state index contributed by atoms with van der Waals surface area (Å²) in [7, 11) is 3.96. The maximum Gasteiger partial charge on any atom is 0.260 e. The van der Waals surface area contributed by atoms with Crippen LogP contribution in [0.15, 0.2) is 54.9 Å². The van der Waals surface area contributed by atoms with Crippen molar-refractivity contribution in [1.82, 2.24) is 15.5 Å². The lowest BCUT2D eigenvalue weighted by molar-refractivity contribution is -0.114. The van der Waals surface area contributed by atoms with E-state index in [9.17, 15) is 14.7 Å². The third kappa shape index (κ3) is 5.39. The Morgan fingerprint density at radius 1 is 1.10 bits per heavy atom. The van der Waals surface area contributed by atoms with Crippen LogP contribution in [-0.4, -0.2) is 42.5 Å². The summed E-state index contributed by atoms with van der Waals surface area (Å²) in [5.74, 6) is -0.692. The van der Waals surface area contributed by atoms with Gasteiger partial charge in [0.15, 0.2) is 0 Å². The predicted molar refractivity (Wildman–Crippen MR) is 126 cm³/mol. The van der Waals surface area contributed by atoms with Gasteiger partial charge in [0.1, 0.15) is 5.75 Å². The highest BCUT2D eigenvalue weighted by Crippen LogP contribution is 2.26. The number of phenolic OH excluding ortho intramolecular Hbond substituents is 1. The number of nitrogens with zero attached hydrogens (tertiary/aromatic N) is 1. The number of likely N-dealkylation sites (N-methyl/N-ethyl adjacent to an activating group) is 1. The van der Waals surface area contributed by atoms with Crippen molar-refractivity contribution in [2.24, 2.45) is 0 Å². The molecule has 0 fully saturated rings. The molecule has 0 saturated carbocycles. The molecule has 3 rings (SSSR count). The van der Waals surface area contributed by atoms with E-state index in [2.05, 4.69) is 38.5 Å². The van der Waals surface area contributed by atoms with Gasteiger partial charge in [0.2, 0.25) is 0 Å². The molecule has 0 aromatic heterocycles. The molecular weight excluding hydrogens is 495 g/mol. The molecule has 0 bridgehead atoms. The summed E-state index contributed by atoms with van der Waals surface area (Å²) in [6, 6.07) is 10.7. The molecule has 156 valence electrons. The minimum absolute atomic E-state index is 0.136. The summed E-state index contributed by atoms with van der Waals surface area (Å²) in [4.78, 5) is 26.3. The highest BCUT2D eigenvalue weighted by atomic mass is 127. The Labute approximate surface area is 189 Å². The molecule has 1 aliphatic heterocycles. The van der Waals surface area contributed by atoms with Crippen molar-refractivity contribution in [2.75, 3.05) is 26.0 Å². The molecule has 0 spiro atoms. The van der Waals surface area contributed by atoms with Crippen LogP contribution in [0.5, 0.6) is 5.75 Å². The molecule has 30 heavy (non-hydrogen) atoms. The van der Waals surface area contributed by atoms with Crippen molar-refractivity contribution in [3.05, 3.63) is 75.1 Å². The van der Waals surface area contributed by atoms with E-state index < -0.39 is 11.8 Å². The topological polar surface area (TPSA) is 93.7 Å². The van der Waals surface area contributed by atoms with E-state index in [0.29, 0.717) is 28.9 Å². The zero-order chi connectivity index (χ0) is 21.7. The fourth-order valence-electron chi connectivity index (χ4n) is 2.93. The van der Waals surface area contributed by atoms with Crippen LogP contribution in [0.25, 0.3) is 5.57 Å². The molecule has 2 aromatic rings. The second-order valence-electron chi connectivity index (χ2n) is 7.07. The molecule has 1 aliphatic rings. The lowest BCUT2D eigenvalue weighted by Crippen LogP contribution is -2.37. The van der Waals surface area contributed by atoms with Crippen LogP contribution in [0.4, 0.5) is 5.69 Å². The number of hydrogen-bond acceptors (Lipinski definition) is 6. The molecular formula is C22H23IN4O3. The van der Waals surface area contributed by atoms with Gasteiger partial charge in [0, 0.05) is 34.0 Å². The van der Waals surface area contributed by atoms with Gasteiger partial charge in [-0.3, -0.25) is 14.9 Å². The van der Waals surface area contributed by atoms with Crippen LogP contribution in [0.2, 0.25) is 0 Å². The van der Waals surface area contributed by atoms with Crippen molar-refractivity contribution >= 4 is 45.7 Å². The zero-order valence-electron chi connectivity index (χ0n) is 16.7. The van der Waals surface area contributed by atoms with E-state index in [0.717, 1.165) is 15.7 Å². The lowest BCUT2D eigenvalue weighted by atomic mass is 9.95. The fourth-order valence-corrected chi connectivity index (χ4v) is 3.42. The first-order valence-corrected chi connectivity index (χ1v) is 10.4. The van der Waals surface area contributed by atoms with Gasteiger partial charge < -0.3 is 20.6 Å². The number of hydrogen-bond donors (Lipinski definition) is 4. The third-order valence-electron chi connectivity index (χ3n) is 4.43. The molecule has 2 aromatic carbocycles. The number of carbonyl (C=O) groups excluding carboxylic acids is 2. The predicted octanol–water partition coefficient (Wildman–Crippen LogP) is 2.88. The third-order valence-corrected chi connectivity index (χ3v) is 5.10. The minimum Gasteiger partial charge on any atom is -0.506 e. The quantitative estimate of drug-likeness (QED) is 0.195. The highest BCUT2D eigenvalue weighted by Gasteiger charge is 2.27. The average Bonchev–Trinajstić information content (AvgIpc) is 2.68. The molecule has 0 radical (unpaired) electrons. The molecule has 0 saturated heterocycles. The second-order valence-corrected chi connectivity index (χ2v) is 8.32. The van der Waals surface area contributed by atoms with E-state index in [1.807, 2.05) is 43.3 Å². The average molecular weight is 518 g/mol. The standard InChI is InChI=1S/C22H23IN4O3/c1-27(2)9-3-8-25-19-7-4-14(10-20(19)28)12-24-13-18-17-11-15(23)5-6-16(17)21(29)26-22(18)30/h3-8,10-11,13,24-25,28H,9,12H2,1-2H3,(H,26,29,30)/b8-3+,18-13-. The van der Waals surface area contributed by atoms with Gasteiger partial charge in [0.25, 0.3) is 11.8 Å². The van der Waals surface area contributed by atoms with E-state index in [1.54, 1.807) is 30.6 Å². The number of benzene rings is 2. The number of carbonyl (C=O) groups is 2. The van der Waals surface area contributed by atoms with Gasteiger partial charge in [0.05, 0.1) is 11.3 Å². The fraction of sp³-hybridized carbons (Fsp3) is 0.182. The van der Waals surface area contributed by atoms with Crippen molar-refractivity contribution in [3.8, 4) is 5.75 Å². The van der Waals surface area contributed by atoms with Crippen LogP contribution in [0.3, 0.4) is 0 Å². The number of fused-ring (bicyclic) bond motifs is 1. The van der Waals surface area contributed by atoms with E-state index in [4.69, 9.17) is 0 Å². The Balaban J connectivity index is 1.68. The highest BCUT2D eigenvalue weighted by molar-refractivity contribution is 14.1. The molecule has 7 nitrogen and oxygen atoms in total. The maximum absolute atomic E-state index is 12.3. The van der Waals surface area contributed by atoms with Crippen molar-refractivity contribution in [2.45, 2.75) is 6.54 Å². The Morgan fingerprint density at radius 3 is 2.63 bits per heavy atom. The number of nitrogens with one attached hydrogen (secondary N) is 3. The number of halogens is 1. The molecule has 4 N–H and O–H groups in total. The smallest absolute Gasteiger partial charge is 0.260 e. The summed E-state index contributed by atoms with van der Waals surface area (Å²) in [5, 5.41) is 18.7. The molecule has 0 aliphatic carbocycles. The Bertz CT molecular complexity index is 1030. The van der Waals surface area contributed by atoms with E-state index >= 15 is 0 Å². The number of aromatic hydroxyl groups is 1. The number of anilines is 1. The first-order valence-electron chi connectivity index (χ1n) is 9.32. The summed E-state index contributed by atoms with van der Waals surface area (Å²) in [6.07, 6.45) is 5.35. The van der Waals surface area contributed by atoms with Gasteiger partial charge in [-0.1, -0.05) is 12.1 Å². The summed E-state index contributed by atoms with van der Waals surface area (Å²) in [5.41, 5.74) is 2.94. The summed E-state index contributed by atoms with van der Waals surface area (Å²) in [6.45, 7) is 1.21. The summed E-state index contributed by atoms with van der Waals surface area (Å²) >= 11 is 2.15. The van der Waals surface area contributed by atoms with Gasteiger partial charge in [-0.15, -0.1) is 0 Å². The number of rotatable bonds is 7. The first kappa shape index (κ1) is 21.8. The SMILES string of the molecule is CN(C)C/C=C/Nc1ccc(CN/C=C2\C(=O)NC(=O)c3ccc(I)cc32)cc1O. The van der Waals surface area contributed by atoms with Gasteiger partial charge in [-0.05, 0) is 78.8 Å². The largest absolute Gasteiger partial charge is 0.506 e. The van der Waals surface area contributed by atoms with Crippen LogP contribution in [0.1, 0.15) is 21.5 Å². The Hall–Kier alpha value is -2.85. The van der Waals surface area contributed by atoms with Crippen molar-refractivity contribution in [1.29, 1.82) is 0 Å². The van der Waals surface area contributed by atoms with Gasteiger partial charge in [-0.25, -0.2) is 0 Å². The number of phenols is 1. The van der Waals surface area contributed by atoms with E-state index in [1.165, 1.54) is 0 Å². The summed E-state index contributed by atoms with van der Waals surface area (Å²) < 4.78 is 0.937. The Morgan fingerprint density at radius 2 is 1.90 bits per heavy atom. The van der Waals surface area contributed by atoms with Gasteiger partial charge >= 0.3 is 0 Å². The first-order chi connectivity index (χ1) is 14.3. The van der Waals surface area contributed by atoms with Crippen LogP contribution in [-0.2, 0) is 11.3 Å².